The van der Waals surface area contributed by atoms with E-state index in [2.05, 4.69) is 10.3 Å². The van der Waals surface area contributed by atoms with Crippen molar-refractivity contribution in [3.63, 3.8) is 0 Å². The number of benzene rings is 2. The van der Waals surface area contributed by atoms with Crippen molar-refractivity contribution < 1.29 is 23.8 Å². The van der Waals surface area contributed by atoms with Gasteiger partial charge >= 0.3 is 6.03 Å². The molecular weight excluding hydrogens is 498 g/mol. The Morgan fingerprint density at radius 1 is 1.00 bits per heavy atom. The fourth-order valence-electron chi connectivity index (χ4n) is 3.75. The van der Waals surface area contributed by atoms with Crippen molar-refractivity contribution in [2.24, 2.45) is 0 Å². The highest BCUT2D eigenvalue weighted by Crippen LogP contribution is 2.48. The van der Waals surface area contributed by atoms with E-state index in [0.29, 0.717) is 34.1 Å². The number of carbonyl (C=O) groups excluding carboxylic acids is 2. The van der Waals surface area contributed by atoms with Crippen LogP contribution >= 0.6 is 23.5 Å². The molecule has 10 heteroatoms. The molecule has 1 saturated heterocycles. The van der Waals surface area contributed by atoms with E-state index in [9.17, 15) is 9.59 Å². The van der Waals surface area contributed by atoms with Crippen LogP contribution in [0.2, 0.25) is 0 Å². The third kappa shape index (κ3) is 5.55. The zero-order chi connectivity index (χ0) is 25.7. The number of thioether (sulfide) groups is 2. The summed E-state index contributed by atoms with van der Waals surface area (Å²) in [6.45, 7) is 0. The molecule has 0 radical (unpaired) electrons. The minimum atomic E-state index is -0.239. The van der Waals surface area contributed by atoms with Crippen LogP contribution in [0.1, 0.15) is 26.1 Å². The summed E-state index contributed by atoms with van der Waals surface area (Å²) in [6, 6.07) is 13.9. The molecule has 0 bridgehead atoms. The second-order valence-electron chi connectivity index (χ2n) is 7.88. The van der Waals surface area contributed by atoms with E-state index in [-0.39, 0.29) is 21.8 Å². The monoisotopic (exact) mass is 525 g/mol. The highest BCUT2D eigenvalue weighted by molar-refractivity contribution is 8.19. The van der Waals surface area contributed by atoms with Crippen LogP contribution in [0.3, 0.4) is 0 Å². The molecule has 1 fully saturated rings. The van der Waals surface area contributed by atoms with Crippen molar-refractivity contribution in [3.05, 3.63) is 77.6 Å². The first-order valence-corrected chi connectivity index (χ1v) is 13.1. The minimum absolute atomic E-state index is 0.0285. The number of amides is 2. The van der Waals surface area contributed by atoms with E-state index < -0.39 is 0 Å². The quantitative estimate of drug-likeness (QED) is 0.412. The summed E-state index contributed by atoms with van der Waals surface area (Å²) < 4.78 is 16.3. The summed E-state index contributed by atoms with van der Waals surface area (Å²) in [6.07, 6.45) is 3.61. The van der Waals surface area contributed by atoms with Crippen molar-refractivity contribution >= 4 is 41.0 Å². The number of hydrogen-bond acceptors (Lipinski definition) is 8. The van der Waals surface area contributed by atoms with Gasteiger partial charge in [0.05, 0.1) is 31.3 Å². The molecule has 4 rings (SSSR count). The lowest BCUT2D eigenvalue weighted by atomic mass is 10.0. The maximum Gasteiger partial charge on any atom is 0.322 e. The summed E-state index contributed by atoms with van der Waals surface area (Å²) in [7, 11) is 6.19. The van der Waals surface area contributed by atoms with Crippen LogP contribution in [-0.4, -0.2) is 56.3 Å². The first-order chi connectivity index (χ1) is 17.4. The summed E-state index contributed by atoms with van der Waals surface area (Å²) in [4.78, 5) is 32.0. The van der Waals surface area contributed by atoms with Gasteiger partial charge in [0.2, 0.25) is 5.75 Å². The number of rotatable bonds is 8. The fourth-order valence-corrected chi connectivity index (χ4v) is 6.79. The summed E-state index contributed by atoms with van der Waals surface area (Å²) in [5.41, 5.74) is 2.55. The Labute approximate surface area is 218 Å². The molecule has 2 amide bonds. The van der Waals surface area contributed by atoms with E-state index >= 15 is 0 Å². The van der Waals surface area contributed by atoms with Gasteiger partial charge in [-0.1, -0.05) is 18.2 Å². The number of nitrogens with zero attached hydrogens (tertiary/aromatic N) is 2. The molecule has 1 aliphatic heterocycles. The molecule has 8 nitrogen and oxygen atoms in total. The van der Waals surface area contributed by atoms with Crippen molar-refractivity contribution in [3.8, 4) is 17.2 Å². The van der Waals surface area contributed by atoms with E-state index in [1.165, 1.54) is 26.2 Å². The van der Waals surface area contributed by atoms with Gasteiger partial charge in [0.1, 0.15) is 0 Å². The zero-order valence-electron chi connectivity index (χ0n) is 20.4. The number of ether oxygens (including phenoxy) is 3. The Morgan fingerprint density at radius 2 is 1.75 bits per heavy atom. The normalized spacial score (nSPS) is 16.8. The van der Waals surface area contributed by atoms with Crippen LogP contribution in [0, 0.1) is 0 Å². The SMILES string of the molecule is COc1cc(C(=O)c2cccc(N(C)C(=O)NC3CSC(c4cccnc4)S3)c2)cc(OC)c1OC. The molecule has 36 heavy (non-hydrogen) atoms. The maximum atomic E-state index is 13.3. The smallest absolute Gasteiger partial charge is 0.322 e. The standard InChI is InChI=1S/C26H27N3O5S2/c1-29(26(31)28-22-15-35-25(36-22)17-8-6-10-27-14-17)19-9-5-7-16(11-19)23(30)18-12-20(32-2)24(34-4)21(13-18)33-3/h5-14,22,25H,15H2,1-4H3,(H,28,31). The van der Waals surface area contributed by atoms with Gasteiger partial charge in [-0.25, -0.2) is 4.79 Å². The van der Waals surface area contributed by atoms with Gasteiger partial charge in [-0.3, -0.25) is 14.7 Å². The Kier molecular flexibility index (Phi) is 8.27. The highest BCUT2D eigenvalue weighted by atomic mass is 32.2. The average Bonchev–Trinajstić information content (AvgIpc) is 3.40. The number of urea groups is 1. The van der Waals surface area contributed by atoms with Crippen molar-refractivity contribution in [1.29, 1.82) is 0 Å². The van der Waals surface area contributed by atoms with Crippen LogP contribution in [0.5, 0.6) is 17.2 Å². The number of ketones is 1. The van der Waals surface area contributed by atoms with Gasteiger partial charge in [-0.2, -0.15) is 0 Å². The van der Waals surface area contributed by atoms with Crippen molar-refractivity contribution in [2.45, 2.75) is 9.96 Å². The number of anilines is 1. The Balaban J connectivity index is 1.47. The van der Waals surface area contributed by atoms with Crippen LogP contribution in [0.15, 0.2) is 60.9 Å². The van der Waals surface area contributed by atoms with Crippen molar-refractivity contribution in [1.82, 2.24) is 10.3 Å². The molecule has 0 aliphatic carbocycles. The number of carbonyl (C=O) groups is 2. The Hall–Kier alpha value is -3.37. The Morgan fingerprint density at radius 3 is 2.39 bits per heavy atom. The molecule has 2 unspecified atom stereocenters. The lowest BCUT2D eigenvalue weighted by Crippen LogP contribution is -2.42. The number of aromatic nitrogens is 1. The predicted octanol–water partition coefficient (Wildman–Crippen LogP) is 4.99. The van der Waals surface area contributed by atoms with Gasteiger partial charge in [0.25, 0.3) is 0 Å². The summed E-state index contributed by atoms with van der Waals surface area (Å²) in [5.74, 6) is 1.76. The molecule has 2 aromatic carbocycles. The van der Waals surface area contributed by atoms with Gasteiger partial charge in [-0.15, -0.1) is 23.5 Å². The van der Waals surface area contributed by atoms with Crippen LogP contribution in [-0.2, 0) is 0 Å². The van der Waals surface area contributed by atoms with Gasteiger partial charge < -0.3 is 19.5 Å². The molecular formula is C26H27N3O5S2. The van der Waals surface area contributed by atoms with Crippen LogP contribution in [0.25, 0.3) is 0 Å². The van der Waals surface area contributed by atoms with Gasteiger partial charge in [0, 0.05) is 42.0 Å². The third-order valence-corrected chi connectivity index (χ3v) is 8.84. The molecule has 1 N–H and O–H groups in total. The zero-order valence-corrected chi connectivity index (χ0v) is 22.0. The second kappa shape index (κ2) is 11.6. The first-order valence-electron chi connectivity index (χ1n) is 11.1. The molecule has 2 atom stereocenters. The van der Waals surface area contributed by atoms with E-state index in [4.69, 9.17) is 14.2 Å². The maximum absolute atomic E-state index is 13.3. The first kappa shape index (κ1) is 25.7. The van der Waals surface area contributed by atoms with Gasteiger partial charge in [0.15, 0.2) is 17.3 Å². The largest absolute Gasteiger partial charge is 0.493 e. The van der Waals surface area contributed by atoms with E-state index in [0.717, 1.165) is 11.3 Å². The topological polar surface area (TPSA) is 90.0 Å². The summed E-state index contributed by atoms with van der Waals surface area (Å²) in [5, 5.41) is 3.05. The van der Waals surface area contributed by atoms with E-state index in [1.807, 2.05) is 18.3 Å². The lowest BCUT2D eigenvalue weighted by molar-refractivity contribution is 0.103. The average molecular weight is 526 g/mol. The molecule has 0 spiro atoms. The van der Waals surface area contributed by atoms with E-state index in [1.54, 1.807) is 73.2 Å². The molecule has 188 valence electrons. The second-order valence-corrected chi connectivity index (χ2v) is 10.6. The molecule has 2 heterocycles. The predicted molar refractivity (Wildman–Crippen MR) is 144 cm³/mol. The van der Waals surface area contributed by atoms with Crippen LogP contribution in [0.4, 0.5) is 10.5 Å². The number of nitrogens with one attached hydrogen (secondary N) is 1. The summed E-state index contributed by atoms with van der Waals surface area (Å²) >= 11 is 3.48. The number of methoxy groups -OCH3 is 3. The molecule has 1 aromatic heterocycles. The number of hydrogen-bond donors (Lipinski definition) is 1. The van der Waals surface area contributed by atoms with Crippen LogP contribution < -0.4 is 24.4 Å². The Bertz CT molecular complexity index is 1220. The van der Waals surface area contributed by atoms with Crippen molar-refractivity contribution in [2.75, 3.05) is 39.0 Å². The lowest BCUT2D eigenvalue weighted by Gasteiger charge is -2.21. The molecule has 0 saturated carbocycles. The minimum Gasteiger partial charge on any atom is -0.493 e. The number of pyridine rings is 1. The molecule has 1 aliphatic rings. The third-order valence-electron chi connectivity index (χ3n) is 5.66. The molecule has 3 aromatic rings. The van der Waals surface area contributed by atoms with Gasteiger partial charge in [-0.05, 0) is 35.9 Å². The fraction of sp³-hybridized carbons (Fsp3) is 0.269. The highest BCUT2D eigenvalue weighted by Gasteiger charge is 2.29.